The molecule has 0 spiro atoms. The maximum absolute atomic E-state index is 15.8. The van der Waals surface area contributed by atoms with Crippen LogP contribution < -0.4 is 10.6 Å². The van der Waals surface area contributed by atoms with Crippen molar-refractivity contribution in [3.05, 3.63) is 65.5 Å². The van der Waals surface area contributed by atoms with Gasteiger partial charge in [-0.05, 0) is 25.1 Å². The van der Waals surface area contributed by atoms with E-state index in [1.54, 1.807) is 65.9 Å². The Morgan fingerprint density at radius 3 is 2.56 bits per heavy atom. The van der Waals surface area contributed by atoms with Gasteiger partial charge < -0.3 is 14.2 Å². The molecule has 0 saturated carbocycles. The number of nitrogens with zero attached hydrogens (tertiary/aromatic N) is 9. The Balaban J connectivity index is 1.55. The van der Waals surface area contributed by atoms with Crippen LogP contribution in [0.25, 0.3) is 50.4 Å². The number of ether oxygens (including phenoxy) is 1. The van der Waals surface area contributed by atoms with Crippen LogP contribution in [0, 0.1) is 5.82 Å². The summed E-state index contributed by atoms with van der Waals surface area (Å²) in [5, 5.41) is 4.21. The Hall–Kier alpha value is -4.71. The molecule has 1 atom stereocenters. The molecule has 1 saturated heterocycles. The molecule has 0 unspecified atom stereocenters. The second-order valence-electron chi connectivity index (χ2n) is 10.7. The van der Waals surface area contributed by atoms with Crippen molar-refractivity contribution in [2.45, 2.75) is 13.0 Å². The van der Waals surface area contributed by atoms with E-state index in [1.165, 1.54) is 6.07 Å². The van der Waals surface area contributed by atoms with Crippen LogP contribution >= 0.6 is 0 Å². The molecule has 2 aromatic carbocycles. The van der Waals surface area contributed by atoms with Crippen LogP contribution in [0.5, 0.6) is 0 Å². The van der Waals surface area contributed by atoms with Crippen LogP contribution in [0.4, 0.5) is 10.1 Å². The van der Waals surface area contributed by atoms with E-state index >= 15 is 4.39 Å². The van der Waals surface area contributed by atoms with Gasteiger partial charge in [-0.3, -0.25) is 18.4 Å². The average molecular weight is 556 g/mol. The van der Waals surface area contributed by atoms with Gasteiger partial charge in [0.15, 0.2) is 5.82 Å². The van der Waals surface area contributed by atoms with Crippen molar-refractivity contribution >= 4 is 27.8 Å². The zero-order chi connectivity index (χ0) is 28.6. The molecular weight excluding hydrogens is 525 g/mol. The Labute approximate surface area is 234 Å². The summed E-state index contributed by atoms with van der Waals surface area (Å²) in [4.78, 5) is 24.7. The molecule has 1 aliphatic heterocycles. The SMILES string of the molecule is C[C@H]1COCCN1c1cc(-n2c(-c3cncn3C)nc3cc(-c4cnn(C)c4)c(F)cc32)cc2c1n(C)c(=O)n2C. The molecule has 0 N–H and O–H groups in total. The Kier molecular flexibility index (Phi) is 5.65. The number of morpholine rings is 1. The molecule has 41 heavy (non-hydrogen) atoms. The van der Waals surface area contributed by atoms with Crippen molar-refractivity contribution in [1.82, 2.24) is 38.0 Å². The van der Waals surface area contributed by atoms with Gasteiger partial charge in [-0.15, -0.1) is 0 Å². The van der Waals surface area contributed by atoms with Crippen molar-refractivity contribution in [1.29, 1.82) is 0 Å². The third-order valence-electron chi connectivity index (χ3n) is 8.07. The largest absolute Gasteiger partial charge is 0.377 e. The van der Waals surface area contributed by atoms with E-state index < -0.39 is 0 Å². The lowest BCUT2D eigenvalue weighted by atomic mass is 10.1. The minimum Gasteiger partial charge on any atom is -0.377 e. The second kappa shape index (κ2) is 9.16. The molecule has 1 fully saturated rings. The number of aromatic nitrogens is 8. The molecule has 210 valence electrons. The van der Waals surface area contributed by atoms with Gasteiger partial charge >= 0.3 is 5.69 Å². The Morgan fingerprint density at radius 1 is 1.02 bits per heavy atom. The molecule has 11 nitrogen and oxygen atoms in total. The summed E-state index contributed by atoms with van der Waals surface area (Å²) in [5.41, 5.74) is 6.28. The third kappa shape index (κ3) is 3.81. The Bertz CT molecular complexity index is 2030. The molecule has 0 radical (unpaired) electrons. The summed E-state index contributed by atoms with van der Waals surface area (Å²) in [6.07, 6.45) is 6.88. The third-order valence-corrected chi connectivity index (χ3v) is 8.07. The van der Waals surface area contributed by atoms with Crippen LogP contribution in [0.3, 0.4) is 0 Å². The first-order valence-corrected chi connectivity index (χ1v) is 13.4. The number of rotatable bonds is 4. The number of aryl methyl sites for hydroxylation is 4. The fourth-order valence-electron chi connectivity index (χ4n) is 5.93. The molecule has 6 aromatic rings. The predicted octanol–water partition coefficient (Wildman–Crippen LogP) is 3.38. The van der Waals surface area contributed by atoms with Crippen molar-refractivity contribution in [2.24, 2.45) is 28.2 Å². The molecule has 0 aliphatic carbocycles. The van der Waals surface area contributed by atoms with E-state index in [1.807, 2.05) is 22.2 Å². The van der Waals surface area contributed by atoms with Gasteiger partial charge in [0.2, 0.25) is 0 Å². The van der Waals surface area contributed by atoms with Gasteiger partial charge in [-0.1, -0.05) is 0 Å². The van der Waals surface area contributed by atoms with Crippen molar-refractivity contribution < 1.29 is 9.13 Å². The highest BCUT2D eigenvalue weighted by Gasteiger charge is 2.27. The van der Waals surface area contributed by atoms with Crippen molar-refractivity contribution in [3.63, 3.8) is 0 Å². The smallest absolute Gasteiger partial charge is 0.328 e. The highest BCUT2D eigenvalue weighted by Crippen LogP contribution is 2.37. The normalized spacial score (nSPS) is 16.0. The van der Waals surface area contributed by atoms with E-state index in [9.17, 15) is 4.79 Å². The van der Waals surface area contributed by atoms with Gasteiger partial charge in [0.25, 0.3) is 0 Å². The van der Waals surface area contributed by atoms with Gasteiger partial charge in [-0.25, -0.2) is 19.2 Å². The summed E-state index contributed by atoms with van der Waals surface area (Å²) in [6.45, 7) is 3.98. The maximum atomic E-state index is 15.8. The second-order valence-corrected chi connectivity index (χ2v) is 10.7. The number of imidazole rings is 3. The summed E-state index contributed by atoms with van der Waals surface area (Å²) in [7, 11) is 7.27. The van der Waals surface area contributed by atoms with Gasteiger partial charge in [0, 0.05) is 64.2 Å². The van der Waals surface area contributed by atoms with E-state index in [0.29, 0.717) is 47.7 Å². The van der Waals surface area contributed by atoms with Crippen LogP contribution in [0.15, 0.2) is 54.0 Å². The van der Waals surface area contributed by atoms with Crippen LogP contribution in [-0.4, -0.2) is 63.8 Å². The molecule has 1 aliphatic rings. The monoisotopic (exact) mass is 555 g/mol. The first-order valence-electron chi connectivity index (χ1n) is 13.4. The molecule has 5 heterocycles. The fraction of sp³-hybridized carbons (Fsp3) is 0.310. The van der Waals surface area contributed by atoms with E-state index in [-0.39, 0.29) is 17.5 Å². The van der Waals surface area contributed by atoms with E-state index in [2.05, 4.69) is 28.0 Å². The fourth-order valence-corrected chi connectivity index (χ4v) is 5.93. The number of hydrogen-bond acceptors (Lipinski definition) is 6. The lowest BCUT2D eigenvalue weighted by molar-refractivity contribution is 0.0990. The average Bonchev–Trinajstić information content (AvgIpc) is 3.72. The summed E-state index contributed by atoms with van der Waals surface area (Å²) >= 11 is 0. The van der Waals surface area contributed by atoms with E-state index in [0.717, 1.165) is 28.1 Å². The number of hydrogen-bond donors (Lipinski definition) is 0. The molecule has 0 amide bonds. The van der Waals surface area contributed by atoms with Crippen LogP contribution in [0.2, 0.25) is 0 Å². The number of benzene rings is 2. The standard InChI is InChI=1S/C29H30FN9O2/c1-17-15-41-7-6-38(17)25-9-19(8-24-27(25)37(5)29(40)36(24)4)39-23-11-21(30)20(18-12-32-35(3)14-18)10-22(23)33-28(39)26-13-31-16-34(26)2/h8-14,16-17H,6-7,15H2,1-5H3/t17-/m0/s1. The van der Waals surface area contributed by atoms with Crippen LogP contribution in [0.1, 0.15) is 6.92 Å². The topological polar surface area (TPSA) is 92.9 Å². The summed E-state index contributed by atoms with van der Waals surface area (Å²) in [6, 6.07) is 7.43. The minimum atomic E-state index is -0.376. The summed E-state index contributed by atoms with van der Waals surface area (Å²) in [5.74, 6) is 0.238. The van der Waals surface area contributed by atoms with Gasteiger partial charge in [0.1, 0.15) is 11.5 Å². The zero-order valence-electron chi connectivity index (χ0n) is 23.5. The Morgan fingerprint density at radius 2 is 1.85 bits per heavy atom. The maximum Gasteiger partial charge on any atom is 0.328 e. The van der Waals surface area contributed by atoms with Crippen molar-refractivity contribution in [2.75, 3.05) is 24.7 Å². The first kappa shape index (κ1) is 25.3. The molecular formula is C29H30FN9O2. The van der Waals surface area contributed by atoms with Gasteiger partial charge in [0.05, 0.1) is 65.4 Å². The van der Waals surface area contributed by atoms with Crippen LogP contribution in [-0.2, 0) is 32.9 Å². The highest BCUT2D eigenvalue weighted by molar-refractivity contribution is 5.94. The van der Waals surface area contributed by atoms with Crippen molar-refractivity contribution in [3.8, 4) is 28.3 Å². The quantitative estimate of drug-likeness (QED) is 0.331. The molecule has 4 aromatic heterocycles. The molecule has 0 bridgehead atoms. The number of halogens is 1. The highest BCUT2D eigenvalue weighted by atomic mass is 19.1. The minimum absolute atomic E-state index is 0.105. The van der Waals surface area contributed by atoms with Gasteiger partial charge in [-0.2, -0.15) is 5.10 Å². The lowest BCUT2D eigenvalue weighted by Crippen LogP contribution is -2.44. The van der Waals surface area contributed by atoms with E-state index in [4.69, 9.17) is 9.72 Å². The molecule has 12 heteroatoms. The lowest BCUT2D eigenvalue weighted by Gasteiger charge is -2.36. The summed E-state index contributed by atoms with van der Waals surface area (Å²) < 4.78 is 30.3. The number of fused-ring (bicyclic) bond motifs is 2. The number of anilines is 1. The predicted molar refractivity (Wildman–Crippen MR) is 155 cm³/mol. The zero-order valence-corrected chi connectivity index (χ0v) is 23.5. The molecule has 7 rings (SSSR count). The first-order chi connectivity index (χ1) is 19.7.